The average Bonchev–Trinajstić information content (AvgIpc) is 3.12. The average molecular weight is 268 g/mol. The van der Waals surface area contributed by atoms with E-state index in [1.807, 2.05) is 24.3 Å². The predicted molar refractivity (Wildman–Crippen MR) is 74.0 cm³/mol. The highest BCUT2D eigenvalue weighted by Gasteiger charge is 2.11. The lowest BCUT2D eigenvalue weighted by Gasteiger charge is -2.04. The molecule has 6 heteroatoms. The highest BCUT2D eigenvalue weighted by atomic mass is 16.2. The lowest BCUT2D eigenvalue weighted by atomic mass is 10.2. The van der Waals surface area contributed by atoms with Crippen LogP contribution in [0.15, 0.2) is 48.7 Å². The van der Waals surface area contributed by atoms with E-state index in [0.717, 1.165) is 10.9 Å². The smallest absolute Gasteiger partial charge is 0.286 e. The second-order valence-corrected chi connectivity index (χ2v) is 4.26. The van der Waals surface area contributed by atoms with Crippen LogP contribution < -0.4 is 10.9 Å². The Hall–Kier alpha value is -3.02. The molecule has 3 rings (SSSR count). The SMILES string of the molecule is O=C(NNC(=O)c1cc2ccccc2[nH]1)c1ccc[nH]1. The maximum Gasteiger partial charge on any atom is 0.286 e. The summed E-state index contributed by atoms with van der Waals surface area (Å²) in [6.07, 6.45) is 1.63. The molecule has 0 spiro atoms. The molecule has 2 amide bonds. The molecule has 0 aliphatic carbocycles. The highest BCUT2D eigenvalue weighted by Crippen LogP contribution is 2.14. The van der Waals surface area contributed by atoms with Crippen LogP contribution in [-0.4, -0.2) is 21.8 Å². The maximum atomic E-state index is 11.9. The summed E-state index contributed by atoms with van der Waals surface area (Å²) in [5, 5.41) is 0.938. The first kappa shape index (κ1) is 12.0. The van der Waals surface area contributed by atoms with Crippen molar-refractivity contribution in [1.29, 1.82) is 0 Å². The number of hydrazine groups is 1. The van der Waals surface area contributed by atoms with Crippen LogP contribution in [0, 0.1) is 0 Å². The van der Waals surface area contributed by atoms with Gasteiger partial charge in [-0.05, 0) is 24.3 Å². The second kappa shape index (κ2) is 4.93. The van der Waals surface area contributed by atoms with Crippen molar-refractivity contribution in [3.63, 3.8) is 0 Å². The van der Waals surface area contributed by atoms with Crippen LogP contribution in [-0.2, 0) is 0 Å². The molecule has 0 atom stereocenters. The number of para-hydroxylation sites is 1. The fourth-order valence-electron chi connectivity index (χ4n) is 1.92. The Labute approximate surface area is 114 Å². The van der Waals surface area contributed by atoms with E-state index in [2.05, 4.69) is 20.8 Å². The molecule has 100 valence electrons. The topological polar surface area (TPSA) is 89.8 Å². The van der Waals surface area contributed by atoms with Crippen molar-refractivity contribution >= 4 is 22.7 Å². The minimum Gasteiger partial charge on any atom is -0.357 e. The zero-order chi connectivity index (χ0) is 13.9. The van der Waals surface area contributed by atoms with Gasteiger partial charge in [-0.15, -0.1) is 0 Å². The molecule has 0 saturated carbocycles. The maximum absolute atomic E-state index is 11.9. The van der Waals surface area contributed by atoms with E-state index in [-0.39, 0.29) is 0 Å². The van der Waals surface area contributed by atoms with Gasteiger partial charge in [-0.1, -0.05) is 18.2 Å². The Kier molecular flexibility index (Phi) is 2.96. The number of aromatic amines is 2. The largest absolute Gasteiger partial charge is 0.357 e. The Morgan fingerprint density at radius 2 is 1.65 bits per heavy atom. The normalized spacial score (nSPS) is 10.4. The minimum atomic E-state index is -0.403. The van der Waals surface area contributed by atoms with E-state index in [1.165, 1.54) is 0 Å². The van der Waals surface area contributed by atoms with Crippen LogP contribution in [0.25, 0.3) is 10.9 Å². The van der Waals surface area contributed by atoms with Gasteiger partial charge >= 0.3 is 0 Å². The van der Waals surface area contributed by atoms with Gasteiger partial charge in [0.15, 0.2) is 0 Å². The van der Waals surface area contributed by atoms with Gasteiger partial charge in [0.2, 0.25) is 0 Å². The number of carbonyl (C=O) groups excluding carboxylic acids is 2. The number of benzene rings is 1. The molecule has 0 radical (unpaired) electrons. The summed E-state index contributed by atoms with van der Waals surface area (Å²) in [4.78, 5) is 29.3. The number of hydrogen-bond acceptors (Lipinski definition) is 2. The molecule has 2 aromatic heterocycles. The van der Waals surface area contributed by atoms with Crippen molar-refractivity contribution in [2.75, 3.05) is 0 Å². The molecule has 20 heavy (non-hydrogen) atoms. The molecule has 4 N–H and O–H groups in total. The number of aromatic nitrogens is 2. The lowest BCUT2D eigenvalue weighted by Crippen LogP contribution is -2.41. The third kappa shape index (κ3) is 2.26. The first-order chi connectivity index (χ1) is 9.74. The van der Waals surface area contributed by atoms with Crippen LogP contribution in [0.5, 0.6) is 0 Å². The number of H-pyrrole nitrogens is 2. The molecule has 2 heterocycles. The van der Waals surface area contributed by atoms with Gasteiger partial charge in [0.25, 0.3) is 11.8 Å². The van der Waals surface area contributed by atoms with Gasteiger partial charge in [0, 0.05) is 17.1 Å². The van der Waals surface area contributed by atoms with Crippen molar-refractivity contribution in [3.05, 3.63) is 60.0 Å². The number of nitrogens with one attached hydrogen (secondary N) is 4. The summed E-state index contributed by atoms with van der Waals surface area (Å²) >= 11 is 0. The van der Waals surface area contributed by atoms with E-state index in [9.17, 15) is 9.59 Å². The molecule has 3 aromatic rings. The van der Waals surface area contributed by atoms with Gasteiger partial charge in [0.05, 0.1) is 0 Å². The summed E-state index contributed by atoms with van der Waals surface area (Å²) < 4.78 is 0. The Morgan fingerprint density at radius 1 is 0.900 bits per heavy atom. The van der Waals surface area contributed by atoms with Crippen molar-refractivity contribution in [1.82, 2.24) is 20.8 Å². The van der Waals surface area contributed by atoms with Crippen LogP contribution in [0.1, 0.15) is 21.0 Å². The Bertz CT molecular complexity index is 725. The van der Waals surface area contributed by atoms with Crippen LogP contribution in [0.4, 0.5) is 0 Å². The van der Waals surface area contributed by atoms with Gasteiger partial charge < -0.3 is 9.97 Å². The number of fused-ring (bicyclic) bond motifs is 1. The van der Waals surface area contributed by atoms with Gasteiger partial charge in [0.1, 0.15) is 11.4 Å². The van der Waals surface area contributed by atoms with E-state index >= 15 is 0 Å². The monoisotopic (exact) mass is 268 g/mol. The van der Waals surface area contributed by atoms with Gasteiger partial charge in [-0.2, -0.15) is 0 Å². The summed E-state index contributed by atoms with van der Waals surface area (Å²) in [6, 6.07) is 12.6. The summed E-state index contributed by atoms with van der Waals surface area (Å²) in [5.74, 6) is -0.805. The lowest BCUT2D eigenvalue weighted by molar-refractivity contribution is 0.0842. The van der Waals surface area contributed by atoms with E-state index < -0.39 is 11.8 Å². The second-order valence-electron chi connectivity index (χ2n) is 4.26. The zero-order valence-electron chi connectivity index (χ0n) is 10.4. The fourth-order valence-corrected chi connectivity index (χ4v) is 1.92. The first-order valence-electron chi connectivity index (χ1n) is 6.06. The molecule has 0 aliphatic rings. The van der Waals surface area contributed by atoms with Gasteiger partial charge in [-0.25, -0.2) is 0 Å². The van der Waals surface area contributed by atoms with Crippen molar-refractivity contribution in [3.8, 4) is 0 Å². The van der Waals surface area contributed by atoms with Crippen LogP contribution in [0.2, 0.25) is 0 Å². The van der Waals surface area contributed by atoms with Gasteiger partial charge in [-0.3, -0.25) is 20.4 Å². The Balaban J connectivity index is 1.68. The third-order valence-electron chi connectivity index (χ3n) is 2.91. The predicted octanol–water partition coefficient (Wildman–Crippen LogP) is 1.57. The number of amides is 2. The van der Waals surface area contributed by atoms with E-state index in [4.69, 9.17) is 0 Å². The van der Waals surface area contributed by atoms with E-state index in [1.54, 1.807) is 24.4 Å². The Morgan fingerprint density at radius 3 is 2.35 bits per heavy atom. The molecule has 0 aliphatic heterocycles. The third-order valence-corrected chi connectivity index (χ3v) is 2.91. The zero-order valence-corrected chi connectivity index (χ0v) is 10.4. The van der Waals surface area contributed by atoms with Crippen molar-refractivity contribution < 1.29 is 9.59 Å². The summed E-state index contributed by atoms with van der Waals surface area (Å²) in [7, 11) is 0. The molecule has 0 unspecified atom stereocenters. The number of rotatable bonds is 2. The molecule has 0 bridgehead atoms. The highest BCUT2D eigenvalue weighted by molar-refractivity contribution is 6.00. The van der Waals surface area contributed by atoms with Crippen LogP contribution >= 0.6 is 0 Å². The van der Waals surface area contributed by atoms with Crippen molar-refractivity contribution in [2.45, 2.75) is 0 Å². The summed E-state index contributed by atoms with van der Waals surface area (Å²) in [5.41, 5.74) is 6.33. The van der Waals surface area contributed by atoms with Crippen molar-refractivity contribution in [2.24, 2.45) is 0 Å². The molecular formula is C14H12N4O2. The minimum absolute atomic E-state index is 0.377. The fraction of sp³-hybridized carbons (Fsp3) is 0. The molecule has 6 nitrogen and oxygen atoms in total. The number of carbonyl (C=O) groups is 2. The molecule has 1 aromatic carbocycles. The molecular weight excluding hydrogens is 256 g/mol. The first-order valence-corrected chi connectivity index (χ1v) is 6.06. The standard InChI is InChI=1S/C14H12N4O2/c19-13(11-6-3-7-15-11)17-18-14(20)12-8-9-4-1-2-5-10(9)16-12/h1-8,15-16H,(H,17,19)(H,18,20). The molecule has 0 saturated heterocycles. The van der Waals surface area contributed by atoms with Crippen LogP contribution in [0.3, 0.4) is 0 Å². The summed E-state index contributed by atoms with van der Waals surface area (Å²) in [6.45, 7) is 0. The molecule has 0 fully saturated rings. The number of hydrogen-bond donors (Lipinski definition) is 4. The van der Waals surface area contributed by atoms with E-state index in [0.29, 0.717) is 11.4 Å². The quantitative estimate of drug-likeness (QED) is 0.531.